The summed E-state index contributed by atoms with van der Waals surface area (Å²) in [6, 6.07) is 10.7. The van der Waals surface area contributed by atoms with E-state index in [1.807, 2.05) is 0 Å². The van der Waals surface area contributed by atoms with Crippen LogP contribution in [0.1, 0.15) is 31.9 Å². The Bertz CT molecular complexity index is 354. The number of alkyl halides is 1. The summed E-state index contributed by atoms with van der Waals surface area (Å²) in [7, 11) is 0. The standard InChI is InChI=1S/C13H16BrN/c1-13(2,3)11-6-4-10(5-7-11)8-12(14)9-15/h4-7,12H,8H2,1-3H3. The highest BCUT2D eigenvalue weighted by Gasteiger charge is 2.13. The van der Waals surface area contributed by atoms with Crippen molar-refractivity contribution in [2.75, 3.05) is 0 Å². The van der Waals surface area contributed by atoms with Crippen molar-refractivity contribution >= 4 is 15.9 Å². The van der Waals surface area contributed by atoms with Crippen molar-refractivity contribution in [3.63, 3.8) is 0 Å². The normalized spacial score (nSPS) is 13.3. The lowest BCUT2D eigenvalue weighted by Gasteiger charge is -2.19. The fourth-order valence-corrected chi connectivity index (χ4v) is 1.77. The average Bonchev–Trinajstić information content (AvgIpc) is 2.17. The molecule has 80 valence electrons. The molecule has 0 aliphatic heterocycles. The summed E-state index contributed by atoms with van der Waals surface area (Å²) in [5, 5.41) is 8.68. The van der Waals surface area contributed by atoms with Crippen molar-refractivity contribution in [2.45, 2.75) is 37.4 Å². The molecule has 0 aliphatic carbocycles. The van der Waals surface area contributed by atoms with Crippen LogP contribution >= 0.6 is 15.9 Å². The van der Waals surface area contributed by atoms with Crippen LogP contribution in [0, 0.1) is 11.3 Å². The van der Waals surface area contributed by atoms with Gasteiger partial charge in [0, 0.05) is 0 Å². The smallest absolute Gasteiger partial charge is 0.105 e. The van der Waals surface area contributed by atoms with Gasteiger partial charge in [0.2, 0.25) is 0 Å². The Hall–Kier alpha value is -0.810. The van der Waals surface area contributed by atoms with E-state index in [1.54, 1.807) is 0 Å². The minimum absolute atomic E-state index is 0.0852. The fourth-order valence-electron chi connectivity index (χ4n) is 1.39. The lowest BCUT2D eigenvalue weighted by Crippen LogP contribution is -2.11. The SMILES string of the molecule is CC(C)(C)c1ccc(CC(Br)C#N)cc1. The zero-order valence-electron chi connectivity index (χ0n) is 9.42. The van der Waals surface area contributed by atoms with Crippen molar-refractivity contribution in [2.24, 2.45) is 0 Å². The minimum Gasteiger partial charge on any atom is -0.197 e. The monoisotopic (exact) mass is 265 g/mol. The second-order valence-electron chi connectivity index (χ2n) is 4.75. The highest BCUT2D eigenvalue weighted by molar-refractivity contribution is 9.09. The molecule has 1 unspecified atom stereocenters. The molecule has 1 rings (SSSR count). The Morgan fingerprint density at radius 1 is 1.27 bits per heavy atom. The van der Waals surface area contributed by atoms with Crippen LogP contribution < -0.4 is 0 Å². The molecule has 0 aromatic heterocycles. The molecule has 1 nitrogen and oxygen atoms in total. The van der Waals surface area contributed by atoms with Gasteiger partial charge >= 0.3 is 0 Å². The number of benzene rings is 1. The van der Waals surface area contributed by atoms with Crippen LogP contribution in [0.4, 0.5) is 0 Å². The van der Waals surface area contributed by atoms with Gasteiger partial charge in [0.05, 0.1) is 6.07 Å². The van der Waals surface area contributed by atoms with Crippen LogP contribution in [-0.2, 0) is 11.8 Å². The van der Waals surface area contributed by atoms with E-state index >= 15 is 0 Å². The summed E-state index contributed by atoms with van der Waals surface area (Å²) in [5.74, 6) is 0. The van der Waals surface area contributed by atoms with Gasteiger partial charge in [-0.05, 0) is 23.0 Å². The second-order valence-corrected chi connectivity index (χ2v) is 5.85. The Labute approximate surface area is 100 Å². The zero-order chi connectivity index (χ0) is 11.5. The molecule has 0 saturated heterocycles. The molecule has 0 aliphatic rings. The molecule has 1 atom stereocenters. The minimum atomic E-state index is -0.0852. The van der Waals surface area contributed by atoms with Gasteiger partial charge in [0.1, 0.15) is 4.83 Å². The predicted octanol–water partition coefficient (Wildman–Crippen LogP) is 3.81. The predicted molar refractivity (Wildman–Crippen MR) is 67.2 cm³/mol. The molecular weight excluding hydrogens is 250 g/mol. The van der Waals surface area contributed by atoms with Crippen molar-refractivity contribution in [1.29, 1.82) is 5.26 Å². The summed E-state index contributed by atoms with van der Waals surface area (Å²) in [5.41, 5.74) is 2.72. The highest BCUT2D eigenvalue weighted by Crippen LogP contribution is 2.22. The summed E-state index contributed by atoms with van der Waals surface area (Å²) >= 11 is 3.31. The average molecular weight is 266 g/mol. The van der Waals surface area contributed by atoms with E-state index in [1.165, 1.54) is 11.1 Å². The summed E-state index contributed by atoms with van der Waals surface area (Å²) in [6.45, 7) is 6.60. The third-order valence-electron chi connectivity index (χ3n) is 2.37. The lowest BCUT2D eigenvalue weighted by molar-refractivity contribution is 0.590. The molecule has 1 aromatic carbocycles. The van der Waals surface area contributed by atoms with E-state index in [4.69, 9.17) is 5.26 Å². The van der Waals surface area contributed by atoms with Gasteiger partial charge in [-0.3, -0.25) is 0 Å². The fraction of sp³-hybridized carbons (Fsp3) is 0.462. The number of hydrogen-bond donors (Lipinski definition) is 0. The number of nitriles is 1. The van der Waals surface area contributed by atoms with Crippen LogP contribution in [0.15, 0.2) is 24.3 Å². The molecule has 1 aromatic rings. The molecule has 0 heterocycles. The summed E-state index contributed by atoms with van der Waals surface area (Å²) < 4.78 is 0. The molecule has 0 radical (unpaired) electrons. The molecule has 15 heavy (non-hydrogen) atoms. The first-order valence-electron chi connectivity index (χ1n) is 5.06. The van der Waals surface area contributed by atoms with Gasteiger partial charge in [-0.15, -0.1) is 0 Å². The van der Waals surface area contributed by atoms with Crippen LogP contribution in [0.5, 0.6) is 0 Å². The first-order chi connectivity index (χ1) is 6.93. The van der Waals surface area contributed by atoms with Crippen molar-refractivity contribution in [3.8, 4) is 6.07 Å². The zero-order valence-corrected chi connectivity index (χ0v) is 11.0. The van der Waals surface area contributed by atoms with Crippen LogP contribution in [-0.4, -0.2) is 4.83 Å². The van der Waals surface area contributed by atoms with Gasteiger partial charge in [0.25, 0.3) is 0 Å². The number of rotatable bonds is 2. The van der Waals surface area contributed by atoms with Gasteiger partial charge in [-0.1, -0.05) is 61.0 Å². The third-order valence-corrected chi connectivity index (χ3v) is 2.90. The Morgan fingerprint density at radius 3 is 2.20 bits per heavy atom. The van der Waals surface area contributed by atoms with Crippen LogP contribution in [0.2, 0.25) is 0 Å². The van der Waals surface area contributed by atoms with Crippen LogP contribution in [0.3, 0.4) is 0 Å². The van der Waals surface area contributed by atoms with E-state index in [0.29, 0.717) is 0 Å². The van der Waals surface area contributed by atoms with E-state index in [2.05, 4.69) is 67.0 Å². The van der Waals surface area contributed by atoms with E-state index in [-0.39, 0.29) is 10.2 Å². The van der Waals surface area contributed by atoms with Gasteiger partial charge in [-0.2, -0.15) is 5.26 Å². The molecule has 0 spiro atoms. The van der Waals surface area contributed by atoms with Crippen molar-refractivity contribution < 1.29 is 0 Å². The quantitative estimate of drug-likeness (QED) is 0.746. The third kappa shape index (κ3) is 3.68. The topological polar surface area (TPSA) is 23.8 Å². The maximum Gasteiger partial charge on any atom is 0.105 e. The van der Waals surface area contributed by atoms with E-state index in [9.17, 15) is 0 Å². The molecular formula is C13H16BrN. The first-order valence-corrected chi connectivity index (χ1v) is 5.98. The molecule has 0 N–H and O–H groups in total. The lowest BCUT2D eigenvalue weighted by atomic mass is 9.86. The van der Waals surface area contributed by atoms with E-state index in [0.717, 1.165) is 6.42 Å². The maximum atomic E-state index is 8.68. The Kier molecular flexibility index (Phi) is 3.93. The van der Waals surface area contributed by atoms with Gasteiger partial charge < -0.3 is 0 Å². The maximum absolute atomic E-state index is 8.68. The Morgan fingerprint density at radius 2 is 1.80 bits per heavy atom. The van der Waals surface area contributed by atoms with Crippen molar-refractivity contribution in [3.05, 3.63) is 35.4 Å². The Balaban J connectivity index is 2.78. The molecule has 0 saturated carbocycles. The highest BCUT2D eigenvalue weighted by atomic mass is 79.9. The summed E-state index contributed by atoms with van der Waals surface area (Å²) in [6.07, 6.45) is 0.765. The van der Waals surface area contributed by atoms with E-state index < -0.39 is 0 Å². The van der Waals surface area contributed by atoms with Gasteiger partial charge in [0.15, 0.2) is 0 Å². The first kappa shape index (κ1) is 12.3. The molecule has 0 fully saturated rings. The van der Waals surface area contributed by atoms with Gasteiger partial charge in [-0.25, -0.2) is 0 Å². The number of hydrogen-bond acceptors (Lipinski definition) is 1. The molecule has 2 heteroatoms. The molecule has 0 bridgehead atoms. The largest absolute Gasteiger partial charge is 0.197 e. The second kappa shape index (κ2) is 4.81. The van der Waals surface area contributed by atoms with Crippen LogP contribution in [0.25, 0.3) is 0 Å². The number of halogens is 1. The summed E-state index contributed by atoms with van der Waals surface area (Å²) in [4.78, 5) is -0.0852. The number of nitrogens with zero attached hydrogens (tertiary/aromatic N) is 1. The molecule has 0 amide bonds. The van der Waals surface area contributed by atoms with Crippen molar-refractivity contribution in [1.82, 2.24) is 0 Å².